The smallest absolute Gasteiger partial charge is 0.244 e. The number of carbonyl (C=O) groups is 1. The Bertz CT molecular complexity index is 602. The van der Waals surface area contributed by atoms with Gasteiger partial charge in [0.1, 0.15) is 11.5 Å². The van der Waals surface area contributed by atoms with E-state index in [1.807, 2.05) is 0 Å². The number of amides is 1. The molecule has 0 bridgehead atoms. The van der Waals surface area contributed by atoms with Crippen LogP contribution in [0.25, 0.3) is 6.08 Å². The Morgan fingerprint density at radius 3 is 2.80 bits per heavy atom. The molecule has 0 spiro atoms. The van der Waals surface area contributed by atoms with Gasteiger partial charge in [0.2, 0.25) is 15.9 Å². The first-order chi connectivity index (χ1) is 9.32. The number of hydrogen-bond acceptors (Lipinski definition) is 4. The molecule has 0 atom stereocenters. The van der Waals surface area contributed by atoms with Crippen molar-refractivity contribution < 1.29 is 17.6 Å². The van der Waals surface area contributed by atoms with Crippen molar-refractivity contribution >= 4 is 22.0 Å². The topological polar surface area (TPSA) is 79.6 Å². The number of nitrogens with zero attached hydrogens (tertiary/aromatic N) is 1. The predicted molar refractivity (Wildman–Crippen MR) is 77.3 cm³/mol. The summed E-state index contributed by atoms with van der Waals surface area (Å²) in [5.74, 6) is 0.732. The maximum Gasteiger partial charge on any atom is 0.244 e. The molecule has 1 amide bonds. The Hall–Kier alpha value is -1.86. The van der Waals surface area contributed by atoms with E-state index in [-0.39, 0.29) is 12.5 Å². The maximum atomic E-state index is 11.3. The van der Waals surface area contributed by atoms with Crippen LogP contribution in [0, 0.1) is 0 Å². The third-order valence-corrected chi connectivity index (χ3v) is 3.71. The van der Waals surface area contributed by atoms with E-state index in [9.17, 15) is 13.2 Å². The summed E-state index contributed by atoms with van der Waals surface area (Å²) in [7, 11) is -1.78. The van der Waals surface area contributed by atoms with Crippen LogP contribution < -0.4 is 5.32 Å². The fourth-order valence-electron chi connectivity index (χ4n) is 1.30. The van der Waals surface area contributed by atoms with E-state index in [2.05, 4.69) is 11.9 Å². The van der Waals surface area contributed by atoms with Gasteiger partial charge >= 0.3 is 0 Å². The van der Waals surface area contributed by atoms with Gasteiger partial charge < -0.3 is 9.73 Å². The van der Waals surface area contributed by atoms with Gasteiger partial charge in [0.05, 0.1) is 12.8 Å². The lowest BCUT2D eigenvalue weighted by Gasteiger charge is -2.11. The Labute approximate surface area is 118 Å². The van der Waals surface area contributed by atoms with Gasteiger partial charge in [0, 0.05) is 19.7 Å². The molecular formula is C13H18N2O4S. The molecule has 0 unspecified atom stereocenters. The molecule has 1 rings (SSSR count). The second-order valence-electron chi connectivity index (χ2n) is 4.19. The lowest BCUT2D eigenvalue weighted by molar-refractivity contribution is -0.116. The molecule has 0 saturated carbocycles. The number of sulfonamides is 1. The third-order valence-electron chi connectivity index (χ3n) is 2.45. The van der Waals surface area contributed by atoms with Crippen LogP contribution in [0.5, 0.6) is 0 Å². The number of nitrogens with one attached hydrogen (secondary N) is 1. The van der Waals surface area contributed by atoms with Gasteiger partial charge in [-0.05, 0) is 18.2 Å². The van der Waals surface area contributed by atoms with Crippen molar-refractivity contribution in [2.24, 2.45) is 0 Å². The van der Waals surface area contributed by atoms with Crippen LogP contribution in [0.2, 0.25) is 0 Å². The number of carbonyl (C=O) groups excluding carboxylic acids is 1. The second-order valence-corrected chi connectivity index (χ2v) is 6.28. The van der Waals surface area contributed by atoms with Crippen LogP contribution in [0.4, 0.5) is 0 Å². The van der Waals surface area contributed by atoms with Crippen molar-refractivity contribution in [3.63, 3.8) is 0 Å². The number of rotatable bonds is 7. The van der Waals surface area contributed by atoms with Crippen LogP contribution in [0.1, 0.15) is 11.5 Å². The van der Waals surface area contributed by atoms with E-state index in [1.165, 1.54) is 23.5 Å². The van der Waals surface area contributed by atoms with Crippen molar-refractivity contribution in [1.82, 2.24) is 9.62 Å². The molecule has 1 aromatic rings. The summed E-state index contributed by atoms with van der Waals surface area (Å²) >= 11 is 0. The third kappa shape index (κ3) is 5.41. The Kier molecular flexibility index (Phi) is 5.72. The largest absolute Gasteiger partial charge is 0.460 e. The fourth-order valence-corrected chi connectivity index (χ4v) is 1.66. The highest BCUT2D eigenvalue weighted by atomic mass is 32.2. The Morgan fingerprint density at radius 2 is 2.20 bits per heavy atom. The first-order valence-corrected chi connectivity index (χ1v) is 7.74. The molecule has 0 aliphatic heterocycles. The molecule has 6 nitrogen and oxygen atoms in total. The average Bonchev–Trinajstić information content (AvgIpc) is 2.80. The fraction of sp³-hybridized carbons (Fsp3) is 0.308. The summed E-state index contributed by atoms with van der Waals surface area (Å²) in [6.07, 6.45) is 5.56. The van der Waals surface area contributed by atoms with Crippen molar-refractivity contribution in [3.05, 3.63) is 42.4 Å². The molecule has 20 heavy (non-hydrogen) atoms. The summed E-state index contributed by atoms with van der Waals surface area (Å²) in [5.41, 5.74) is 0. The summed E-state index contributed by atoms with van der Waals surface area (Å²) in [5, 5.41) is 2.59. The van der Waals surface area contributed by atoms with Crippen LogP contribution in [-0.4, -0.2) is 38.5 Å². The lowest BCUT2D eigenvalue weighted by Crippen LogP contribution is -2.24. The Balaban J connectivity index is 2.62. The van der Waals surface area contributed by atoms with Crippen molar-refractivity contribution in [2.45, 2.75) is 6.54 Å². The predicted octanol–water partition coefficient (Wildman–Crippen LogP) is 0.986. The normalized spacial score (nSPS) is 11.9. The zero-order valence-corrected chi connectivity index (χ0v) is 12.3. The van der Waals surface area contributed by atoms with Gasteiger partial charge in [0.15, 0.2) is 0 Å². The summed E-state index contributed by atoms with van der Waals surface area (Å²) < 4.78 is 29.1. The summed E-state index contributed by atoms with van der Waals surface area (Å²) in [4.78, 5) is 11.3. The van der Waals surface area contributed by atoms with Crippen molar-refractivity contribution in [3.8, 4) is 0 Å². The molecule has 1 aromatic heterocycles. The van der Waals surface area contributed by atoms with Gasteiger partial charge in [-0.2, -0.15) is 4.31 Å². The molecule has 7 heteroatoms. The van der Waals surface area contributed by atoms with E-state index in [0.29, 0.717) is 18.1 Å². The van der Waals surface area contributed by atoms with E-state index in [0.717, 1.165) is 6.26 Å². The van der Waals surface area contributed by atoms with Crippen LogP contribution in [-0.2, 0) is 21.4 Å². The lowest BCUT2D eigenvalue weighted by atomic mass is 10.3. The average molecular weight is 298 g/mol. The van der Waals surface area contributed by atoms with E-state index >= 15 is 0 Å². The molecule has 0 aliphatic carbocycles. The van der Waals surface area contributed by atoms with Gasteiger partial charge in [-0.3, -0.25) is 4.79 Å². The van der Waals surface area contributed by atoms with E-state index in [1.54, 1.807) is 18.2 Å². The molecule has 110 valence electrons. The second kappa shape index (κ2) is 7.06. The van der Waals surface area contributed by atoms with Crippen LogP contribution in [0.3, 0.4) is 0 Å². The molecule has 0 fully saturated rings. The SMILES string of the molecule is C=CCNC(=O)/C=C/c1ccc(CN(C)S(C)(=O)=O)o1. The van der Waals surface area contributed by atoms with Gasteiger partial charge in [-0.25, -0.2) is 8.42 Å². The molecule has 1 N–H and O–H groups in total. The highest BCUT2D eigenvalue weighted by Crippen LogP contribution is 2.12. The highest BCUT2D eigenvalue weighted by molar-refractivity contribution is 7.88. The first kappa shape index (κ1) is 16.2. The van der Waals surface area contributed by atoms with Crippen LogP contribution in [0.15, 0.2) is 35.3 Å². The first-order valence-electron chi connectivity index (χ1n) is 5.89. The van der Waals surface area contributed by atoms with Crippen molar-refractivity contribution in [2.75, 3.05) is 19.8 Å². The highest BCUT2D eigenvalue weighted by Gasteiger charge is 2.13. The standard InChI is InChI=1S/C13H18N2O4S/c1-4-9-14-13(16)8-7-11-5-6-12(19-11)10-15(2)20(3,17)18/h4-8H,1,9-10H2,2-3H3,(H,14,16)/b8-7+. The molecule has 1 heterocycles. The molecule has 0 saturated heterocycles. The van der Waals surface area contributed by atoms with Gasteiger partial charge in [0.25, 0.3) is 0 Å². The minimum absolute atomic E-state index is 0.148. The van der Waals surface area contributed by atoms with Crippen molar-refractivity contribution in [1.29, 1.82) is 0 Å². The Morgan fingerprint density at radius 1 is 1.50 bits per heavy atom. The molecule has 0 radical (unpaired) electrons. The molecular weight excluding hydrogens is 280 g/mol. The van der Waals surface area contributed by atoms with Crippen LogP contribution >= 0.6 is 0 Å². The summed E-state index contributed by atoms with van der Waals surface area (Å²) in [6, 6.07) is 3.34. The molecule has 0 aliphatic rings. The quantitative estimate of drug-likeness (QED) is 0.601. The minimum Gasteiger partial charge on any atom is -0.460 e. The number of furan rings is 1. The van der Waals surface area contributed by atoms with Gasteiger partial charge in [-0.15, -0.1) is 6.58 Å². The van der Waals surface area contributed by atoms with E-state index < -0.39 is 10.0 Å². The monoisotopic (exact) mass is 298 g/mol. The van der Waals surface area contributed by atoms with Gasteiger partial charge in [-0.1, -0.05) is 6.08 Å². The minimum atomic E-state index is -3.25. The van der Waals surface area contributed by atoms with E-state index in [4.69, 9.17) is 4.42 Å². The zero-order valence-electron chi connectivity index (χ0n) is 11.5. The summed E-state index contributed by atoms with van der Waals surface area (Å²) in [6.45, 7) is 4.03. The molecule has 0 aromatic carbocycles. The maximum absolute atomic E-state index is 11.3. The zero-order chi connectivity index (χ0) is 15.2. The number of hydrogen-bond donors (Lipinski definition) is 1.